The predicted octanol–water partition coefficient (Wildman–Crippen LogP) is 3.77. The number of hydrogen-bond acceptors (Lipinski definition) is 3. The van der Waals surface area contributed by atoms with E-state index in [1.807, 2.05) is 25.1 Å². The average molecular weight is 531 g/mol. The van der Waals surface area contributed by atoms with Crippen LogP contribution in [0.4, 0.5) is 4.39 Å². The molecule has 0 aromatic heterocycles. The number of hydrogen-bond donors (Lipinski definition) is 2. The maximum atomic E-state index is 13.9. The van der Waals surface area contributed by atoms with Gasteiger partial charge in [0.15, 0.2) is 15.8 Å². The van der Waals surface area contributed by atoms with Crippen molar-refractivity contribution >= 4 is 39.8 Å². The molecule has 2 unspecified atom stereocenters. The summed E-state index contributed by atoms with van der Waals surface area (Å²) in [5.41, 5.74) is 2.39. The first-order chi connectivity index (χ1) is 13.3. The molecule has 2 atom stereocenters. The molecule has 0 heterocycles. The Kier molecular flexibility index (Phi) is 8.04. The minimum atomic E-state index is -3.22. The minimum Gasteiger partial charge on any atom is -0.357 e. The Bertz CT molecular complexity index is 995. The largest absolute Gasteiger partial charge is 0.357 e. The molecular formula is C21H27FIN3O2S. The molecule has 3 rings (SSSR count). The van der Waals surface area contributed by atoms with Crippen LogP contribution in [0.3, 0.4) is 0 Å². The second kappa shape index (κ2) is 9.88. The van der Waals surface area contributed by atoms with Crippen molar-refractivity contribution in [1.82, 2.24) is 10.6 Å². The van der Waals surface area contributed by atoms with Crippen LogP contribution in [0.2, 0.25) is 0 Å². The average Bonchev–Trinajstić information content (AvgIpc) is 3.38. The fraction of sp³-hybridized carbons (Fsp3) is 0.381. The van der Waals surface area contributed by atoms with E-state index in [9.17, 15) is 12.8 Å². The lowest BCUT2D eigenvalue weighted by atomic mass is 10.1. The van der Waals surface area contributed by atoms with Crippen molar-refractivity contribution < 1.29 is 12.8 Å². The smallest absolute Gasteiger partial charge is 0.191 e. The molecule has 0 bridgehead atoms. The molecule has 0 saturated heterocycles. The van der Waals surface area contributed by atoms with Crippen molar-refractivity contribution in [1.29, 1.82) is 0 Å². The topological polar surface area (TPSA) is 70.6 Å². The summed E-state index contributed by atoms with van der Waals surface area (Å²) in [6.07, 6.45) is 2.08. The highest BCUT2D eigenvalue weighted by Crippen LogP contribution is 2.41. The molecule has 5 nitrogen and oxygen atoms in total. The number of aryl methyl sites for hydroxylation is 1. The third-order valence-corrected chi connectivity index (χ3v) is 6.08. The van der Waals surface area contributed by atoms with Crippen LogP contribution in [0.5, 0.6) is 0 Å². The van der Waals surface area contributed by atoms with Gasteiger partial charge in [0.25, 0.3) is 0 Å². The lowest BCUT2D eigenvalue weighted by Crippen LogP contribution is -2.39. The molecule has 2 aromatic carbocycles. The zero-order valence-electron chi connectivity index (χ0n) is 16.8. The van der Waals surface area contributed by atoms with Gasteiger partial charge in [0, 0.05) is 24.8 Å². The van der Waals surface area contributed by atoms with E-state index < -0.39 is 9.84 Å². The van der Waals surface area contributed by atoms with Crippen LogP contribution in [0.1, 0.15) is 36.0 Å². The van der Waals surface area contributed by atoms with Gasteiger partial charge in [0.05, 0.1) is 11.4 Å². The Morgan fingerprint density at radius 1 is 1.24 bits per heavy atom. The van der Waals surface area contributed by atoms with Gasteiger partial charge in [-0.25, -0.2) is 17.8 Å². The number of nitrogens with one attached hydrogen (secondary N) is 2. The van der Waals surface area contributed by atoms with Crippen molar-refractivity contribution in [3.63, 3.8) is 0 Å². The van der Waals surface area contributed by atoms with Crippen molar-refractivity contribution in [2.45, 2.75) is 43.7 Å². The number of aliphatic imine (C=N–C) groups is 1. The summed E-state index contributed by atoms with van der Waals surface area (Å²) >= 11 is 0. The number of sulfone groups is 1. The number of halogens is 2. The molecule has 8 heteroatoms. The van der Waals surface area contributed by atoms with E-state index >= 15 is 0 Å². The van der Waals surface area contributed by atoms with Crippen LogP contribution in [-0.4, -0.2) is 33.2 Å². The predicted molar refractivity (Wildman–Crippen MR) is 125 cm³/mol. The normalized spacial score (nSPS) is 18.7. The third kappa shape index (κ3) is 6.15. The van der Waals surface area contributed by atoms with Crippen LogP contribution < -0.4 is 10.6 Å². The van der Waals surface area contributed by atoms with Crippen LogP contribution in [-0.2, 0) is 16.4 Å². The van der Waals surface area contributed by atoms with Gasteiger partial charge in [-0.1, -0.05) is 30.3 Å². The quantitative estimate of drug-likeness (QED) is 0.339. The second-order valence-electron chi connectivity index (χ2n) is 7.18. The third-order valence-electron chi connectivity index (χ3n) is 4.82. The first-order valence-electron chi connectivity index (χ1n) is 9.38. The van der Waals surface area contributed by atoms with E-state index in [2.05, 4.69) is 15.6 Å². The molecule has 1 fully saturated rings. The summed E-state index contributed by atoms with van der Waals surface area (Å²) in [4.78, 5) is 4.94. The van der Waals surface area contributed by atoms with E-state index in [-0.39, 0.29) is 41.8 Å². The summed E-state index contributed by atoms with van der Waals surface area (Å²) in [5.74, 6) is 0.665. The summed E-state index contributed by atoms with van der Waals surface area (Å²) in [7, 11) is -3.22. The Morgan fingerprint density at radius 3 is 2.59 bits per heavy atom. The molecule has 1 aliphatic carbocycles. The number of benzene rings is 2. The Balaban J connectivity index is 0.00000300. The van der Waals surface area contributed by atoms with Gasteiger partial charge < -0.3 is 10.6 Å². The summed E-state index contributed by atoms with van der Waals surface area (Å²) < 4.78 is 37.4. The number of guanidine groups is 1. The fourth-order valence-electron chi connectivity index (χ4n) is 3.37. The van der Waals surface area contributed by atoms with E-state index in [4.69, 9.17) is 0 Å². The number of nitrogens with zero attached hydrogens (tertiary/aromatic N) is 1. The Morgan fingerprint density at radius 2 is 1.97 bits per heavy atom. The van der Waals surface area contributed by atoms with Crippen molar-refractivity contribution in [3.05, 3.63) is 65.0 Å². The molecule has 1 aliphatic rings. The van der Waals surface area contributed by atoms with Gasteiger partial charge in [0.1, 0.15) is 5.82 Å². The molecule has 29 heavy (non-hydrogen) atoms. The molecule has 2 aromatic rings. The molecular weight excluding hydrogens is 504 g/mol. The van der Waals surface area contributed by atoms with Gasteiger partial charge in [-0.3, -0.25) is 0 Å². The maximum Gasteiger partial charge on any atom is 0.191 e. The van der Waals surface area contributed by atoms with E-state index in [1.165, 1.54) is 12.3 Å². The van der Waals surface area contributed by atoms with Crippen LogP contribution >= 0.6 is 24.0 Å². The second-order valence-corrected chi connectivity index (χ2v) is 9.17. The van der Waals surface area contributed by atoms with E-state index in [0.717, 1.165) is 29.7 Å². The van der Waals surface area contributed by atoms with Gasteiger partial charge in [-0.05, 0) is 49.1 Å². The zero-order chi connectivity index (χ0) is 20.3. The summed E-state index contributed by atoms with van der Waals surface area (Å²) in [6.45, 7) is 4.92. The Hall–Kier alpha value is -1.68. The first kappa shape index (κ1) is 23.6. The summed E-state index contributed by atoms with van der Waals surface area (Å²) in [5, 5.41) is 6.57. The standard InChI is InChI=1S/C21H26FN3O2S.HI/c1-4-23-21(25-19-12-17(19)16-7-5-6-8-18(16)22)24-13-15-9-10-20(14(2)11-15)28(3,26)27;/h5-11,17,19H,4,12-13H2,1-3H3,(H2,23,24,25);1H. The Labute approximate surface area is 189 Å². The van der Waals surface area contributed by atoms with Gasteiger partial charge in [-0.2, -0.15) is 0 Å². The molecule has 0 spiro atoms. The molecule has 158 valence electrons. The lowest BCUT2D eigenvalue weighted by Gasteiger charge is -2.12. The van der Waals surface area contributed by atoms with Crippen LogP contribution in [0, 0.1) is 12.7 Å². The van der Waals surface area contributed by atoms with E-state index in [1.54, 1.807) is 25.1 Å². The van der Waals surface area contributed by atoms with Gasteiger partial charge in [-0.15, -0.1) is 24.0 Å². The number of rotatable bonds is 6. The van der Waals surface area contributed by atoms with Gasteiger partial charge in [0.2, 0.25) is 0 Å². The lowest BCUT2D eigenvalue weighted by molar-refractivity contribution is 0.601. The molecule has 0 aliphatic heterocycles. The van der Waals surface area contributed by atoms with Gasteiger partial charge >= 0.3 is 0 Å². The summed E-state index contributed by atoms with van der Waals surface area (Å²) in [6, 6.07) is 12.3. The maximum absolute atomic E-state index is 13.9. The van der Waals surface area contributed by atoms with Crippen molar-refractivity contribution in [3.8, 4) is 0 Å². The van der Waals surface area contributed by atoms with Crippen LogP contribution in [0.25, 0.3) is 0 Å². The highest BCUT2D eigenvalue weighted by atomic mass is 127. The highest BCUT2D eigenvalue weighted by Gasteiger charge is 2.40. The van der Waals surface area contributed by atoms with E-state index in [0.29, 0.717) is 17.4 Å². The van der Waals surface area contributed by atoms with Crippen LogP contribution in [0.15, 0.2) is 52.4 Å². The van der Waals surface area contributed by atoms with Crippen molar-refractivity contribution in [2.24, 2.45) is 4.99 Å². The molecule has 2 N–H and O–H groups in total. The molecule has 0 amide bonds. The molecule has 0 radical (unpaired) electrons. The highest BCUT2D eigenvalue weighted by molar-refractivity contribution is 14.0. The minimum absolute atomic E-state index is 0. The van der Waals surface area contributed by atoms with Crippen molar-refractivity contribution in [2.75, 3.05) is 12.8 Å². The monoisotopic (exact) mass is 531 g/mol. The SMILES string of the molecule is CCNC(=NCc1ccc(S(C)(=O)=O)c(C)c1)NC1CC1c1ccccc1F.I. The molecule has 1 saturated carbocycles. The zero-order valence-corrected chi connectivity index (χ0v) is 19.9. The first-order valence-corrected chi connectivity index (χ1v) is 11.3. The fourth-order valence-corrected chi connectivity index (χ4v) is 4.32.